The fourth-order valence-corrected chi connectivity index (χ4v) is 2.50. The molecule has 2 nitrogen and oxygen atoms in total. The normalized spacial score (nSPS) is 28.8. The number of rotatable bonds is 2. The highest BCUT2D eigenvalue weighted by molar-refractivity contribution is 4.86. The summed E-state index contributed by atoms with van der Waals surface area (Å²) in [4.78, 5) is 2.64. The molecule has 1 heterocycles. The zero-order valence-corrected chi connectivity index (χ0v) is 7.84. The second-order valence-corrected chi connectivity index (χ2v) is 4.35. The Morgan fingerprint density at radius 3 is 2.33 bits per heavy atom. The Morgan fingerprint density at radius 2 is 1.75 bits per heavy atom. The third kappa shape index (κ3) is 1.64. The Kier molecular flexibility index (Phi) is 2.66. The number of nitrogens with zero attached hydrogens (tertiary/aromatic N) is 1. The molecular weight excluding hydrogens is 148 g/mol. The van der Waals surface area contributed by atoms with Crippen LogP contribution < -0.4 is 5.73 Å². The van der Waals surface area contributed by atoms with Crippen LogP contribution in [-0.2, 0) is 0 Å². The molecule has 2 rings (SSSR count). The number of likely N-dealkylation sites (tertiary alicyclic amines) is 1. The van der Waals surface area contributed by atoms with Gasteiger partial charge in [-0.2, -0.15) is 0 Å². The highest BCUT2D eigenvalue weighted by Crippen LogP contribution is 2.27. The van der Waals surface area contributed by atoms with Crippen molar-refractivity contribution >= 4 is 0 Å². The summed E-state index contributed by atoms with van der Waals surface area (Å²) in [5.74, 6) is 0.812. The minimum absolute atomic E-state index is 0.812. The van der Waals surface area contributed by atoms with E-state index >= 15 is 0 Å². The summed E-state index contributed by atoms with van der Waals surface area (Å²) in [5.41, 5.74) is 5.60. The minimum Gasteiger partial charge on any atom is -0.330 e. The van der Waals surface area contributed by atoms with Crippen molar-refractivity contribution in [2.45, 2.75) is 38.1 Å². The van der Waals surface area contributed by atoms with E-state index in [-0.39, 0.29) is 0 Å². The zero-order chi connectivity index (χ0) is 8.39. The fourth-order valence-electron chi connectivity index (χ4n) is 2.50. The van der Waals surface area contributed by atoms with Crippen LogP contribution in [0.5, 0.6) is 0 Å². The predicted octanol–water partition coefficient (Wildman–Crippen LogP) is 1.21. The Morgan fingerprint density at radius 1 is 1.08 bits per heavy atom. The lowest BCUT2D eigenvalue weighted by Gasteiger charge is -2.45. The lowest BCUT2D eigenvalue weighted by atomic mass is 9.89. The van der Waals surface area contributed by atoms with Crippen LogP contribution in [0, 0.1) is 5.92 Å². The van der Waals surface area contributed by atoms with Crippen molar-refractivity contribution in [2.75, 3.05) is 19.6 Å². The van der Waals surface area contributed by atoms with Crippen LogP contribution >= 0.6 is 0 Å². The minimum atomic E-state index is 0.812. The second-order valence-electron chi connectivity index (χ2n) is 4.35. The summed E-state index contributed by atoms with van der Waals surface area (Å²) in [6, 6.07) is 0.918. The molecule has 1 saturated carbocycles. The number of nitrogens with two attached hydrogens (primary N) is 1. The molecule has 1 aliphatic heterocycles. The summed E-state index contributed by atoms with van der Waals surface area (Å²) in [6.45, 7) is 3.45. The van der Waals surface area contributed by atoms with Gasteiger partial charge in [-0.25, -0.2) is 0 Å². The van der Waals surface area contributed by atoms with Crippen LogP contribution in [0.2, 0.25) is 0 Å². The van der Waals surface area contributed by atoms with Crippen molar-refractivity contribution in [3.05, 3.63) is 0 Å². The lowest BCUT2D eigenvalue weighted by molar-refractivity contribution is 0.0394. The quantitative estimate of drug-likeness (QED) is 0.671. The van der Waals surface area contributed by atoms with E-state index < -0.39 is 0 Å². The molecule has 0 radical (unpaired) electrons. The summed E-state index contributed by atoms with van der Waals surface area (Å²) in [7, 11) is 0. The van der Waals surface area contributed by atoms with E-state index in [1.54, 1.807) is 0 Å². The lowest BCUT2D eigenvalue weighted by Crippen LogP contribution is -2.54. The number of hydrogen-bond donors (Lipinski definition) is 1. The van der Waals surface area contributed by atoms with E-state index in [1.165, 1.54) is 45.2 Å². The molecule has 2 N–H and O–H groups in total. The first-order chi connectivity index (χ1) is 5.90. The summed E-state index contributed by atoms with van der Waals surface area (Å²) >= 11 is 0. The van der Waals surface area contributed by atoms with Crippen LogP contribution in [0.15, 0.2) is 0 Å². The highest BCUT2D eigenvalue weighted by Gasteiger charge is 2.31. The molecule has 0 atom stereocenters. The molecule has 0 aromatic heterocycles. The zero-order valence-electron chi connectivity index (χ0n) is 7.84. The van der Waals surface area contributed by atoms with E-state index in [0.717, 1.165) is 18.5 Å². The van der Waals surface area contributed by atoms with Gasteiger partial charge in [0.25, 0.3) is 0 Å². The van der Waals surface area contributed by atoms with Crippen molar-refractivity contribution in [1.82, 2.24) is 4.90 Å². The molecule has 1 saturated heterocycles. The van der Waals surface area contributed by atoms with Gasteiger partial charge >= 0.3 is 0 Å². The standard InChI is InChI=1S/C10H20N2/c11-6-9-7-12(8-9)10-4-2-1-3-5-10/h9-10H,1-8,11H2. The topological polar surface area (TPSA) is 29.3 Å². The highest BCUT2D eigenvalue weighted by atomic mass is 15.2. The van der Waals surface area contributed by atoms with Crippen LogP contribution in [0.25, 0.3) is 0 Å². The van der Waals surface area contributed by atoms with Gasteiger partial charge in [-0.15, -0.1) is 0 Å². The van der Waals surface area contributed by atoms with Crippen molar-refractivity contribution in [3.63, 3.8) is 0 Å². The summed E-state index contributed by atoms with van der Waals surface area (Å²) in [6.07, 6.45) is 7.25. The van der Waals surface area contributed by atoms with Crippen molar-refractivity contribution in [2.24, 2.45) is 11.7 Å². The molecule has 0 unspecified atom stereocenters. The Bertz CT molecular complexity index is 135. The van der Waals surface area contributed by atoms with E-state index in [1.807, 2.05) is 0 Å². The maximum Gasteiger partial charge on any atom is 0.00955 e. The van der Waals surface area contributed by atoms with E-state index in [2.05, 4.69) is 4.90 Å². The Balaban J connectivity index is 1.72. The molecule has 2 heteroatoms. The third-order valence-electron chi connectivity index (χ3n) is 3.41. The fraction of sp³-hybridized carbons (Fsp3) is 1.00. The first-order valence-corrected chi connectivity index (χ1v) is 5.34. The molecule has 0 amide bonds. The summed E-state index contributed by atoms with van der Waals surface area (Å²) < 4.78 is 0. The largest absolute Gasteiger partial charge is 0.330 e. The monoisotopic (exact) mass is 168 g/mol. The van der Waals surface area contributed by atoms with Crippen LogP contribution in [0.4, 0.5) is 0 Å². The molecule has 12 heavy (non-hydrogen) atoms. The van der Waals surface area contributed by atoms with Crippen molar-refractivity contribution in [3.8, 4) is 0 Å². The molecule has 70 valence electrons. The molecule has 0 spiro atoms. The first-order valence-electron chi connectivity index (χ1n) is 5.34. The van der Waals surface area contributed by atoms with Gasteiger partial charge in [0.1, 0.15) is 0 Å². The maximum absolute atomic E-state index is 5.60. The second kappa shape index (κ2) is 3.75. The number of hydrogen-bond acceptors (Lipinski definition) is 2. The van der Waals surface area contributed by atoms with Crippen molar-refractivity contribution in [1.29, 1.82) is 0 Å². The maximum atomic E-state index is 5.60. The van der Waals surface area contributed by atoms with Gasteiger partial charge in [0.15, 0.2) is 0 Å². The van der Waals surface area contributed by atoms with Crippen molar-refractivity contribution < 1.29 is 0 Å². The van der Waals surface area contributed by atoms with Crippen LogP contribution in [0.3, 0.4) is 0 Å². The average molecular weight is 168 g/mol. The van der Waals surface area contributed by atoms with Crippen LogP contribution in [0.1, 0.15) is 32.1 Å². The van der Waals surface area contributed by atoms with Gasteiger partial charge < -0.3 is 5.73 Å². The molecule has 0 bridgehead atoms. The first kappa shape index (κ1) is 8.52. The molecular formula is C10H20N2. The van der Waals surface area contributed by atoms with Gasteiger partial charge in [0.2, 0.25) is 0 Å². The van der Waals surface area contributed by atoms with Crippen LogP contribution in [-0.4, -0.2) is 30.6 Å². The van der Waals surface area contributed by atoms with E-state index in [9.17, 15) is 0 Å². The predicted molar refractivity (Wildman–Crippen MR) is 51.0 cm³/mol. The molecule has 2 fully saturated rings. The molecule has 1 aliphatic carbocycles. The van der Waals surface area contributed by atoms with Gasteiger partial charge in [0, 0.05) is 19.1 Å². The van der Waals surface area contributed by atoms with Gasteiger partial charge in [-0.05, 0) is 25.3 Å². The summed E-state index contributed by atoms with van der Waals surface area (Å²) in [5, 5.41) is 0. The molecule has 0 aromatic rings. The molecule has 2 aliphatic rings. The Labute approximate surface area is 75.1 Å². The van der Waals surface area contributed by atoms with E-state index in [0.29, 0.717) is 0 Å². The van der Waals surface area contributed by atoms with Gasteiger partial charge in [-0.1, -0.05) is 19.3 Å². The van der Waals surface area contributed by atoms with Gasteiger partial charge in [-0.3, -0.25) is 4.90 Å². The SMILES string of the molecule is NCC1CN(C2CCCCC2)C1. The third-order valence-corrected chi connectivity index (χ3v) is 3.41. The van der Waals surface area contributed by atoms with Gasteiger partial charge in [0.05, 0.1) is 0 Å². The Hall–Kier alpha value is -0.0800. The average Bonchev–Trinajstić information content (AvgIpc) is 2.04. The molecule has 0 aromatic carbocycles. The van der Waals surface area contributed by atoms with E-state index in [4.69, 9.17) is 5.73 Å². The smallest absolute Gasteiger partial charge is 0.00955 e.